The van der Waals surface area contributed by atoms with Crippen LogP contribution >= 0.6 is 0 Å². The predicted octanol–water partition coefficient (Wildman–Crippen LogP) is 6.90. The van der Waals surface area contributed by atoms with Crippen molar-refractivity contribution in [3.8, 4) is 11.1 Å². The number of benzene rings is 3. The smallest absolute Gasteiger partial charge is 0.325 e. The van der Waals surface area contributed by atoms with Gasteiger partial charge in [-0.05, 0) is 77.0 Å². The molecule has 0 aromatic heterocycles. The maximum atomic E-state index is 12.2. The Balaban J connectivity index is 1.20. The van der Waals surface area contributed by atoms with Gasteiger partial charge in [-0.1, -0.05) is 88.4 Å². The molecule has 2 bridgehead atoms. The van der Waals surface area contributed by atoms with Crippen LogP contribution in [-0.2, 0) is 32.2 Å². The lowest BCUT2D eigenvalue weighted by molar-refractivity contribution is -0.276. The van der Waals surface area contributed by atoms with Gasteiger partial charge in [0.25, 0.3) is 0 Å². The lowest BCUT2D eigenvalue weighted by atomic mass is 9.65. The number of fused-ring (bicyclic) bond motifs is 2. The normalized spacial score (nSPS) is 27.4. The van der Waals surface area contributed by atoms with E-state index >= 15 is 0 Å². The molecule has 2 saturated heterocycles. The minimum absolute atomic E-state index is 0.00786. The van der Waals surface area contributed by atoms with Crippen molar-refractivity contribution in [1.29, 1.82) is 0 Å². The fourth-order valence-electron chi connectivity index (χ4n) is 8.68. The number of nitrogens with one attached hydrogen (secondary N) is 2. The summed E-state index contributed by atoms with van der Waals surface area (Å²) in [6, 6.07) is 24.6. The molecule has 9 nitrogen and oxygen atoms in total. The average molecular weight is 684 g/mol. The number of likely N-dealkylation sites (tertiary alicyclic amines) is 1. The van der Waals surface area contributed by atoms with Gasteiger partial charge < -0.3 is 30.0 Å². The van der Waals surface area contributed by atoms with E-state index in [-0.39, 0.29) is 37.9 Å². The highest BCUT2D eigenvalue weighted by Crippen LogP contribution is 2.53. The monoisotopic (exact) mass is 683 g/mol. The van der Waals surface area contributed by atoms with E-state index in [4.69, 9.17) is 14.2 Å². The van der Waals surface area contributed by atoms with Gasteiger partial charge >= 0.3 is 12.0 Å². The zero-order chi connectivity index (χ0) is 35.5. The molecule has 268 valence electrons. The Morgan fingerprint density at radius 2 is 1.66 bits per heavy atom. The van der Waals surface area contributed by atoms with E-state index < -0.39 is 18.3 Å². The molecule has 0 radical (unpaired) electrons. The Kier molecular flexibility index (Phi) is 11.0. The molecule has 3 aliphatic rings. The number of carbonyl (C=O) groups is 2. The molecule has 1 saturated carbocycles. The molecule has 3 aromatic rings. The van der Waals surface area contributed by atoms with Crippen LogP contribution in [0.2, 0.25) is 0 Å². The molecule has 0 spiro atoms. The highest BCUT2D eigenvalue weighted by atomic mass is 16.7. The van der Waals surface area contributed by atoms with Gasteiger partial charge in [-0.25, -0.2) is 4.79 Å². The molecule has 3 N–H and O–H groups in total. The number of hydrogen-bond donors (Lipinski definition) is 3. The standard InChI is InChI=1S/C41H53N3O6/c1-6-48-36(46)22-43-39(47)42-21-29-9-7-10-31(17-29)32-11-8-12-33(18-32)38-49-35(23-44-26-41(5)20-34(44)19-40(3,4)25-41)27(2)37(50-38)30-15-13-28(24-45)14-16-30/h7-18,27,34-35,37-38,45H,6,19-26H2,1-5H3,(H2,42,43,47)/t27-,34?,35+,37+,38+,41?/m1/s1. The zero-order valence-electron chi connectivity index (χ0n) is 30.1. The second-order valence-electron chi connectivity index (χ2n) is 15.6. The van der Waals surface area contributed by atoms with E-state index in [0.29, 0.717) is 23.4 Å². The second kappa shape index (κ2) is 15.2. The van der Waals surface area contributed by atoms with Crippen molar-refractivity contribution >= 4 is 12.0 Å². The van der Waals surface area contributed by atoms with Gasteiger partial charge in [0, 0.05) is 37.2 Å². The summed E-state index contributed by atoms with van der Waals surface area (Å²) >= 11 is 0. The number of carbonyl (C=O) groups excluding carboxylic acids is 2. The minimum atomic E-state index is -0.555. The van der Waals surface area contributed by atoms with Crippen LogP contribution in [0.4, 0.5) is 4.79 Å². The quantitative estimate of drug-likeness (QED) is 0.189. The summed E-state index contributed by atoms with van der Waals surface area (Å²) in [5.41, 5.74) is 6.56. The van der Waals surface area contributed by atoms with Crippen LogP contribution in [0.3, 0.4) is 0 Å². The summed E-state index contributed by atoms with van der Waals surface area (Å²) in [6.45, 7) is 13.6. The van der Waals surface area contributed by atoms with E-state index in [0.717, 1.165) is 46.5 Å². The molecule has 6 atom stereocenters. The first kappa shape index (κ1) is 36.0. The van der Waals surface area contributed by atoms with Crippen LogP contribution in [0.25, 0.3) is 11.1 Å². The maximum absolute atomic E-state index is 12.2. The van der Waals surface area contributed by atoms with Crippen LogP contribution in [0, 0.1) is 16.7 Å². The summed E-state index contributed by atoms with van der Waals surface area (Å²) in [5, 5.41) is 15.0. The Bertz CT molecular complexity index is 1640. The molecule has 2 aliphatic heterocycles. The Hall–Kier alpha value is -3.76. The number of aliphatic hydroxyl groups excluding tert-OH is 1. The van der Waals surface area contributed by atoms with E-state index in [2.05, 4.69) is 85.7 Å². The van der Waals surface area contributed by atoms with Gasteiger partial charge in [0.1, 0.15) is 6.54 Å². The number of esters is 1. The highest BCUT2D eigenvalue weighted by Gasteiger charge is 2.51. The van der Waals surface area contributed by atoms with Crippen molar-refractivity contribution in [2.75, 3.05) is 26.2 Å². The summed E-state index contributed by atoms with van der Waals surface area (Å²) in [4.78, 5) is 26.5. The van der Waals surface area contributed by atoms with Crippen LogP contribution in [0.5, 0.6) is 0 Å². The van der Waals surface area contributed by atoms with Crippen molar-refractivity contribution in [2.24, 2.45) is 16.7 Å². The van der Waals surface area contributed by atoms with Crippen LogP contribution in [0.1, 0.15) is 88.5 Å². The molecule has 3 fully saturated rings. The Morgan fingerprint density at radius 1 is 0.920 bits per heavy atom. The Morgan fingerprint density at radius 3 is 2.40 bits per heavy atom. The fraction of sp³-hybridized carbons (Fsp3) is 0.512. The van der Waals surface area contributed by atoms with Crippen LogP contribution in [-0.4, -0.2) is 60.4 Å². The molecule has 50 heavy (non-hydrogen) atoms. The third-order valence-corrected chi connectivity index (χ3v) is 10.6. The zero-order valence-corrected chi connectivity index (χ0v) is 30.1. The molecule has 9 heteroatoms. The summed E-state index contributed by atoms with van der Waals surface area (Å²) in [7, 11) is 0. The van der Waals surface area contributed by atoms with Crippen molar-refractivity contribution in [3.63, 3.8) is 0 Å². The minimum Gasteiger partial charge on any atom is -0.465 e. The predicted molar refractivity (Wildman–Crippen MR) is 193 cm³/mol. The van der Waals surface area contributed by atoms with Crippen molar-refractivity contribution in [2.45, 2.75) is 91.6 Å². The van der Waals surface area contributed by atoms with Crippen molar-refractivity contribution in [3.05, 3.63) is 95.1 Å². The summed E-state index contributed by atoms with van der Waals surface area (Å²) in [6.07, 6.45) is 2.96. The van der Waals surface area contributed by atoms with Crippen LogP contribution in [0.15, 0.2) is 72.8 Å². The van der Waals surface area contributed by atoms with Gasteiger partial charge in [0.05, 0.1) is 25.4 Å². The first-order valence-corrected chi connectivity index (χ1v) is 18.1. The number of rotatable bonds is 11. The summed E-state index contributed by atoms with van der Waals surface area (Å²) in [5.74, 6) is -0.353. The number of ether oxygens (including phenoxy) is 3. The number of aliphatic hydroxyl groups is 1. The molecule has 2 unspecified atom stereocenters. The molecular formula is C41H53N3O6. The second-order valence-corrected chi connectivity index (χ2v) is 15.6. The van der Waals surface area contributed by atoms with Crippen molar-refractivity contribution in [1.82, 2.24) is 15.5 Å². The van der Waals surface area contributed by atoms with E-state index in [1.54, 1.807) is 6.92 Å². The number of nitrogens with zero attached hydrogens (tertiary/aromatic N) is 1. The molecule has 2 heterocycles. The van der Waals surface area contributed by atoms with Gasteiger partial charge in [0.15, 0.2) is 6.29 Å². The van der Waals surface area contributed by atoms with Gasteiger partial charge in [-0.15, -0.1) is 0 Å². The molecule has 3 aromatic carbocycles. The van der Waals surface area contributed by atoms with Crippen molar-refractivity contribution < 1.29 is 28.9 Å². The van der Waals surface area contributed by atoms with Gasteiger partial charge in [-0.2, -0.15) is 0 Å². The number of hydrogen-bond acceptors (Lipinski definition) is 7. The lowest BCUT2D eigenvalue weighted by Crippen LogP contribution is -2.46. The third-order valence-electron chi connectivity index (χ3n) is 10.6. The molecule has 1 aliphatic carbocycles. The Labute approximate surface area is 296 Å². The first-order chi connectivity index (χ1) is 23.9. The third kappa shape index (κ3) is 8.57. The molecule has 2 amide bonds. The lowest BCUT2D eigenvalue weighted by Gasteiger charge is -2.43. The first-order valence-electron chi connectivity index (χ1n) is 18.1. The fourth-order valence-corrected chi connectivity index (χ4v) is 8.68. The van der Waals surface area contributed by atoms with Gasteiger partial charge in [0.2, 0.25) is 0 Å². The highest BCUT2D eigenvalue weighted by molar-refractivity contribution is 5.80. The summed E-state index contributed by atoms with van der Waals surface area (Å²) < 4.78 is 18.6. The topological polar surface area (TPSA) is 109 Å². The van der Waals surface area contributed by atoms with Gasteiger partial charge in [-0.3, -0.25) is 9.69 Å². The molecular weight excluding hydrogens is 630 g/mol. The SMILES string of the molecule is CCOC(=O)CNC(=O)NCc1cccc(-c2cccc([C@H]3O[C@@H](CN4CC5(C)CC4CC(C)(C)C5)[C@@H](C)[C@@H](c4ccc(CO)cc4)O3)c2)c1. The number of amides is 2. The van der Waals surface area contributed by atoms with E-state index in [9.17, 15) is 14.7 Å². The largest absolute Gasteiger partial charge is 0.465 e. The molecule has 6 rings (SSSR count). The van der Waals surface area contributed by atoms with E-state index in [1.807, 2.05) is 30.3 Å². The van der Waals surface area contributed by atoms with E-state index in [1.165, 1.54) is 19.3 Å². The average Bonchev–Trinajstić information content (AvgIpc) is 3.34. The van der Waals surface area contributed by atoms with Crippen LogP contribution < -0.4 is 10.6 Å². The maximum Gasteiger partial charge on any atom is 0.325 e. The number of urea groups is 1.